The van der Waals surface area contributed by atoms with E-state index in [4.69, 9.17) is 15.0 Å². The molecule has 2 aliphatic rings. The van der Waals surface area contributed by atoms with Crippen molar-refractivity contribution in [3.63, 3.8) is 0 Å². The van der Waals surface area contributed by atoms with E-state index in [0.29, 0.717) is 5.92 Å². The van der Waals surface area contributed by atoms with E-state index in [-0.39, 0.29) is 11.2 Å². The summed E-state index contributed by atoms with van der Waals surface area (Å²) in [5, 5.41) is 0. The summed E-state index contributed by atoms with van der Waals surface area (Å²) in [4.78, 5) is 13.7. The zero-order chi connectivity index (χ0) is 19.7. The highest BCUT2D eigenvalue weighted by atomic mass is 16.7. The summed E-state index contributed by atoms with van der Waals surface area (Å²) >= 11 is 0. The fraction of sp³-hybridized carbons (Fsp3) is 0.789. The molecule has 0 bridgehead atoms. The lowest BCUT2D eigenvalue weighted by atomic mass is 9.81. The SMILES string of the molecule is CN(C[C@H]1CCCN(CCN)C1)c1ncc(B2OC(C)(C)C(C)(C)O2)cn1. The lowest BCUT2D eigenvalue weighted by Crippen LogP contribution is -2.42. The van der Waals surface area contributed by atoms with Gasteiger partial charge in [-0.3, -0.25) is 0 Å². The average molecular weight is 375 g/mol. The molecule has 0 radical (unpaired) electrons. The molecular formula is C19H34BN5O2. The molecule has 3 rings (SSSR count). The second kappa shape index (κ2) is 8.03. The number of hydrogen-bond acceptors (Lipinski definition) is 7. The van der Waals surface area contributed by atoms with Crippen LogP contribution in [0.15, 0.2) is 12.4 Å². The van der Waals surface area contributed by atoms with E-state index in [0.717, 1.165) is 44.1 Å². The maximum Gasteiger partial charge on any atom is 0.498 e. The van der Waals surface area contributed by atoms with Crippen molar-refractivity contribution in [2.45, 2.75) is 51.7 Å². The van der Waals surface area contributed by atoms with Gasteiger partial charge in [-0.05, 0) is 53.0 Å². The molecule has 1 aromatic heterocycles. The standard InChI is InChI=1S/C19H34BN5O2/c1-18(2)19(3,4)27-20(26-18)16-11-22-17(23-12-16)24(5)13-15-7-6-9-25(14-15)10-8-21/h11-12,15H,6-10,13-14,21H2,1-5H3/t15-/m1/s1. The molecule has 0 aromatic carbocycles. The molecule has 1 atom stereocenters. The lowest BCUT2D eigenvalue weighted by Gasteiger charge is -2.34. The van der Waals surface area contributed by atoms with Gasteiger partial charge in [0.2, 0.25) is 5.95 Å². The number of nitrogens with two attached hydrogens (primary N) is 1. The monoisotopic (exact) mass is 375 g/mol. The third kappa shape index (κ3) is 4.62. The van der Waals surface area contributed by atoms with Crippen LogP contribution in [0.3, 0.4) is 0 Å². The van der Waals surface area contributed by atoms with Gasteiger partial charge in [0, 0.05) is 51.1 Å². The van der Waals surface area contributed by atoms with Gasteiger partial charge in [-0.15, -0.1) is 0 Å². The van der Waals surface area contributed by atoms with Crippen LogP contribution in [0.25, 0.3) is 0 Å². The molecule has 150 valence electrons. The van der Waals surface area contributed by atoms with Crippen LogP contribution in [0.5, 0.6) is 0 Å². The Bertz CT molecular complexity index is 607. The minimum Gasteiger partial charge on any atom is -0.399 e. The highest BCUT2D eigenvalue weighted by molar-refractivity contribution is 6.61. The van der Waals surface area contributed by atoms with E-state index in [9.17, 15) is 0 Å². The van der Waals surface area contributed by atoms with Crippen molar-refractivity contribution < 1.29 is 9.31 Å². The number of nitrogens with zero attached hydrogens (tertiary/aromatic N) is 4. The summed E-state index contributed by atoms with van der Waals surface area (Å²) in [6.45, 7) is 13.1. The van der Waals surface area contributed by atoms with Crippen molar-refractivity contribution in [3.05, 3.63) is 12.4 Å². The maximum atomic E-state index is 6.08. The summed E-state index contributed by atoms with van der Waals surface area (Å²) in [5.74, 6) is 1.37. The third-order valence-electron chi connectivity index (χ3n) is 6.11. The first-order chi connectivity index (χ1) is 12.7. The molecule has 2 fully saturated rings. The molecule has 0 spiro atoms. The van der Waals surface area contributed by atoms with Gasteiger partial charge in [-0.1, -0.05) is 0 Å². The molecule has 7 nitrogen and oxygen atoms in total. The number of aromatic nitrogens is 2. The molecule has 2 N–H and O–H groups in total. The van der Waals surface area contributed by atoms with E-state index in [2.05, 4.69) is 26.8 Å². The smallest absolute Gasteiger partial charge is 0.399 e. The van der Waals surface area contributed by atoms with Gasteiger partial charge in [0.05, 0.1) is 11.2 Å². The Morgan fingerprint density at radius 1 is 1.22 bits per heavy atom. The first kappa shape index (κ1) is 20.5. The minimum atomic E-state index is -0.419. The lowest BCUT2D eigenvalue weighted by molar-refractivity contribution is 0.00578. The molecule has 0 unspecified atom stereocenters. The number of anilines is 1. The van der Waals surface area contributed by atoms with E-state index in [1.807, 2.05) is 40.1 Å². The Kier molecular flexibility index (Phi) is 6.10. The van der Waals surface area contributed by atoms with Gasteiger partial charge < -0.3 is 24.8 Å². The Labute approximate surface area is 163 Å². The first-order valence-electron chi connectivity index (χ1n) is 10.0. The van der Waals surface area contributed by atoms with Gasteiger partial charge in [0.15, 0.2) is 0 Å². The molecule has 2 saturated heterocycles. The van der Waals surface area contributed by atoms with Crippen LogP contribution in [0.4, 0.5) is 5.95 Å². The second-order valence-electron chi connectivity index (χ2n) is 8.88. The summed E-state index contributed by atoms with van der Waals surface area (Å²) in [5.41, 5.74) is 5.85. The predicted molar refractivity (Wildman–Crippen MR) is 109 cm³/mol. The van der Waals surface area contributed by atoms with Gasteiger partial charge in [-0.25, -0.2) is 9.97 Å². The van der Waals surface area contributed by atoms with Crippen LogP contribution in [0, 0.1) is 5.92 Å². The Morgan fingerprint density at radius 2 is 1.85 bits per heavy atom. The van der Waals surface area contributed by atoms with Crippen LogP contribution < -0.4 is 16.1 Å². The number of rotatable bonds is 6. The average Bonchev–Trinajstić information content (AvgIpc) is 2.83. The zero-order valence-corrected chi connectivity index (χ0v) is 17.4. The van der Waals surface area contributed by atoms with Crippen molar-refractivity contribution in [2.24, 2.45) is 11.7 Å². The highest BCUT2D eigenvalue weighted by Gasteiger charge is 2.51. The van der Waals surface area contributed by atoms with Crippen LogP contribution >= 0.6 is 0 Å². The van der Waals surface area contributed by atoms with Crippen molar-refractivity contribution in [2.75, 3.05) is 44.7 Å². The Hall–Kier alpha value is -1.22. The molecule has 27 heavy (non-hydrogen) atoms. The van der Waals surface area contributed by atoms with E-state index < -0.39 is 7.12 Å². The highest BCUT2D eigenvalue weighted by Crippen LogP contribution is 2.36. The van der Waals surface area contributed by atoms with Crippen LogP contribution in [0.2, 0.25) is 0 Å². The van der Waals surface area contributed by atoms with Gasteiger partial charge >= 0.3 is 7.12 Å². The van der Waals surface area contributed by atoms with Gasteiger partial charge in [0.25, 0.3) is 0 Å². The molecule has 0 amide bonds. The van der Waals surface area contributed by atoms with Crippen molar-refractivity contribution in [1.29, 1.82) is 0 Å². The van der Waals surface area contributed by atoms with E-state index in [1.165, 1.54) is 12.8 Å². The summed E-state index contributed by atoms with van der Waals surface area (Å²) in [7, 11) is 1.64. The molecule has 0 aliphatic carbocycles. The quantitative estimate of drug-likeness (QED) is 0.740. The molecule has 2 aliphatic heterocycles. The summed E-state index contributed by atoms with van der Waals surface area (Å²) in [6.07, 6.45) is 6.13. The maximum absolute atomic E-state index is 6.08. The first-order valence-corrected chi connectivity index (χ1v) is 10.0. The van der Waals surface area contributed by atoms with Gasteiger partial charge in [0.1, 0.15) is 0 Å². The fourth-order valence-electron chi connectivity index (χ4n) is 3.78. The third-order valence-corrected chi connectivity index (χ3v) is 6.11. The van der Waals surface area contributed by atoms with Crippen molar-refractivity contribution >= 4 is 18.5 Å². The number of hydrogen-bond donors (Lipinski definition) is 1. The van der Waals surface area contributed by atoms with Crippen LogP contribution in [0.1, 0.15) is 40.5 Å². The van der Waals surface area contributed by atoms with E-state index in [1.54, 1.807) is 0 Å². The molecule has 8 heteroatoms. The molecule has 1 aromatic rings. The van der Waals surface area contributed by atoms with Crippen molar-refractivity contribution in [1.82, 2.24) is 14.9 Å². The van der Waals surface area contributed by atoms with E-state index >= 15 is 0 Å². The Balaban J connectivity index is 1.59. The fourth-order valence-corrected chi connectivity index (χ4v) is 3.78. The van der Waals surface area contributed by atoms with Crippen LogP contribution in [-0.4, -0.2) is 73.0 Å². The Morgan fingerprint density at radius 3 is 2.44 bits per heavy atom. The van der Waals surface area contributed by atoms with Crippen LogP contribution in [-0.2, 0) is 9.31 Å². The minimum absolute atomic E-state index is 0.358. The number of likely N-dealkylation sites (tertiary alicyclic amines) is 1. The van der Waals surface area contributed by atoms with Gasteiger partial charge in [-0.2, -0.15) is 0 Å². The molecular weight excluding hydrogens is 341 g/mol. The topological polar surface area (TPSA) is 76.7 Å². The largest absolute Gasteiger partial charge is 0.498 e. The zero-order valence-electron chi connectivity index (χ0n) is 17.4. The summed E-state index contributed by atoms with van der Waals surface area (Å²) < 4.78 is 12.2. The summed E-state index contributed by atoms with van der Waals surface area (Å²) in [6, 6.07) is 0. The molecule has 0 saturated carbocycles. The second-order valence-corrected chi connectivity index (χ2v) is 8.88. The number of piperidine rings is 1. The van der Waals surface area contributed by atoms with Crippen molar-refractivity contribution in [3.8, 4) is 0 Å². The predicted octanol–water partition coefficient (Wildman–Crippen LogP) is 0.883. The normalized spacial score (nSPS) is 25.0. The molecule has 3 heterocycles.